The Bertz CT molecular complexity index is 756. The molecule has 2 heterocycles. The highest BCUT2D eigenvalue weighted by atomic mass is 16.7. The number of aromatic nitrogens is 1. The first-order valence-electron chi connectivity index (χ1n) is 9.73. The van der Waals surface area contributed by atoms with Crippen molar-refractivity contribution in [2.24, 2.45) is 0 Å². The Kier molecular flexibility index (Phi) is 8.57. The first-order chi connectivity index (χ1) is 14.3. The van der Waals surface area contributed by atoms with Crippen LogP contribution in [0.3, 0.4) is 0 Å². The lowest BCUT2D eigenvalue weighted by Crippen LogP contribution is -2.44. The van der Waals surface area contributed by atoms with Crippen molar-refractivity contribution in [2.45, 2.75) is 45.4 Å². The van der Waals surface area contributed by atoms with Crippen molar-refractivity contribution < 1.29 is 33.4 Å². The molecule has 2 rings (SSSR count). The maximum absolute atomic E-state index is 12.4. The molecule has 0 saturated carbocycles. The first-order valence-corrected chi connectivity index (χ1v) is 9.73. The van der Waals surface area contributed by atoms with Crippen LogP contribution in [0.1, 0.15) is 32.4 Å². The topological polar surface area (TPSA) is 115 Å². The lowest BCUT2D eigenvalue weighted by Gasteiger charge is -2.25. The van der Waals surface area contributed by atoms with Gasteiger partial charge in [0.15, 0.2) is 6.61 Å². The third-order valence-corrected chi connectivity index (χ3v) is 4.53. The maximum atomic E-state index is 12.4. The largest absolute Gasteiger partial charge is 0.456 e. The molecule has 2 atom stereocenters. The normalized spacial score (nSPS) is 16.5. The van der Waals surface area contributed by atoms with Crippen molar-refractivity contribution in [3.63, 3.8) is 0 Å². The maximum Gasteiger partial charge on any atom is 0.412 e. The summed E-state index contributed by atoms with van der Waals surface area (Å²) in [6.45, 7) is 2.96. The van der Waals surface area contributed by atoms with Gasteiger partial charge in [0.25, 0.3) is 5.91 Å². The number of likely N-dealkylation sites (tertiary alicyclic amines) is 1. The molecule has 0 aliphatic carbocycles. The van der Waals surface area contributed by atoms with Crippen LogP contribution in [0.15, 0.2) is 24.4 Å². The van der Waals surface area contributed by atoms with Crippen LogP contribution in [0.4, 0.5) is 4.79 Å². The molecule has 2 amide bonds. The number of nitrogens with zero attached hydrogens (tertiary/aromatic N) is 3. The second-order valence-corrected chi connectivity index (χ2v) is 6.91. The standard InChI is InChI=1S/C20H27N3O7/c1-14(24)28-13-18(25)23-11-6-8-17(23)19(26)29-15(2)30-20(27)22(3)12-9-16-7-4-5-10-21-16/h4-5,7,10,15,17H,6,8-9,11-13H2,1-3H3/t15?,17-/m1/s1. The molecule has 1 unspecified atom stereocenters. The van der Waals surface area contributed by atoms with Gasteiger partial charge in [-0.05, 0) is 25.0 Å². The molecule has 1 aromatic heterocycles. The van der Waals surface area contributed by atoms with Crippen molar-refractivity contribution >= 4 is 23.9 Å². The molecule has 1 aromatic rings. The number of pyridine rings is 1. The Hall–Kier alpha value is -3.17. The minimum absolute atomic E-state index is 0.365. The van der Waals surface area contributed by atoms with Crippen molar-refractivity contribution in [3.8, 4) is 0 Å². The molecule has 1 aliphatic rings. The van der Waals surface area contributed by atoms with Crippen molar-refractivity contribution in [2.75, 3.05) is 26.7 Å². The average molecular weight is 421 g/mol. The zero-order chi connectivity index (χ0) is 22.1. The van der Waals surface area contributed by atoms with Gasteiger partial charge >= 0.3 is 18.0 Å². The number of rotatable bonds is 8. The summed E-state index contributed by atoms with van der Waals surface area (Å²) in [4.78, 5) is 54.5. The van der Waals surface area contributed by atoms with E-state index in [-0.39, 0.29) is 0 Å². The van der Waals surface area contributed by atoms with Crippen molar-refractivity contribution in [1.82, 2.24) is 14.8 Å². The molecule has 0 N–H and O–H groups in total. The molecule has 0 bridgehead atoms. The summed E-state index contributed by atoms with van der Waals surface area (Å²) in [6.07, 6.45) is 1.53. The zero-order valence-corrected chi connectivity index (χ0v) is 17.4. The second-order valence-electron chi connectivity index (χ2n) is 6.91. The number of carbonyl (C=O) groups excluding carboxylic acids is 4. The van der Waals surface area contributed by atoms with Crippen LogP contribution in [0.2, 0.25) is 0 Å². The van der Waals surface area contributed by atoms with Gasteiger partial charge in [0.1, 0.15) is 6.04 Å². The minimum Gasteiger partial charge on any atom is -0.456 e. The molecule has 164 valence electrons. The Morgan fingerprint density at radius 1 is 1.27 bits per heavy atom. The highest BCUT2D eigenvalue weighted by Crippen LogP contribution is 2.19. The van der Waals surface area contributed by atoms with Gasteiger partial charge in [-0.1, -0.05) is 6.07 Å². The van der Waals surface area contributed by atoms with E-state index in [1.807, 2.05) is 18.2 Å². The number of hydrogen-bond donors (Lipinski definition) is 0. The van der Waals surface area contributed by atoms with Crippen molar-refractivity contribution in [3.05, 3.63) is 30.1 Å². The van der Waals surface area contributed by atoms with Gasteiger partial charge < -0.3 is 24.0 Å². The summed E-state index contributed by atoms with van der Waals surface area (Å²) < 4.78 is 15.1. The monoisotopic (exact) mass is 421 g/mol. The van der Waals surface area contributed by atoms with Crippen LogP contribution < -0.4 is 0 Å². The summed E-state index contributed by atoms with van der Waals surface area (Å²) in [5.74, 6) is -1.71. The number of esters is 2. The van der Waals surface area contributed by atoms with Gasteiger partial charge in [0.05, 0.1) is 0 Å². The number of ether oxygens (including phenoxy) is 3. The molecule has 30 heavy (non-hydrogen) atoms. The van der Waals surface area contributed by atoms with E-state index >= 15 is 0 Å². The quantitative estimate of drug-likeness (QED) is 0.453. The summed E-state index contributed by atoms with van der Waals surface area (Å²) in [5.41, 5.74) is 0.844. The summed E-state index contributed by atoms with van der Waals surface area (Å²) in [6, 6.07) is 4.74. The van der Waals surface area contributed by atoms with Crippen LogP contribution in [-0.2, 0) is 35.0 Å². The van der Waals surface area contributed by atoms with Crippen molar-refractivity contribution in [1.29, 1.82) is 0 Å². The van der Waals surface area contributed by atoms with Gasteiger partial charge in [-0.3, -0.25) is 14.6 Å². The SMILES string of the molecule is CC(=O)OCC(=O)N1CCC[C@@H]1C(=O)OC(C)OC(=O)N(C)CCc1ccccn1. The fourth-order valence-corrected chi connectivity index (χ4v) is 2.97. The Labute approximate surface area is 175 Å². The predicted octanol–water partition coefficient (Wildman–Crippen LogP) is 1.14. The van der Waals surface area contributed by atoms with E-state index in [0.717, 1.165) is 5.69 Å². The Balaban J connectivity index is 1.79. The molecular formula is C20H27N3O7. The molecule has 0 aromatic carbocycles. The lowest BCUT2D eigenvalue weighted by molar-refractivity contribution is -0.173. The van der Waals surface area contributed by atoms with Crippen LogP contribution in [0.25, 0.3) is 0 Å². The van der Waals surface area contributed by atoms with E-state index in [2.05, 4.69) is 4.98 Å². The zero-order valence-electron chi connectivity index (χ0n) is 17.4. The van der Waals surface area contributed by atoms with E-state index in [0.29, 0.717) is 32.4 Å². The summed E-state index contributed by atoms with van der Waals surface area (Å²) >= 11 is 0. The van der Waals surface area contributed by atoms with E-state index in [1.54, 1.807) is 13.2 Å². The average Bonchev–Trinajstić information content (AvgIpc) is 3.21. The van der Waals surface area contributed by atoms with Gasteiger partial charge in [-0.2, -0.15) is 0 Å². The molecule has 1 aliphatic heterocycles. The van der Waals surface area contributed by atoms with E-state index in [4.69, 9.17) is 14.2 Å². The summed E-state index contributed by atoms with van der Waals surface area (Å²) in [5, 5.41) is 0. The highest BCUT2D eigenvalue weighted by molar-refractivity contribution is 5.86. The molecule has 1 saturated heterocycles. The van der Waals surface area contributed by atoms with Gasteiger partial charge in [0, 0.05) is 52.3 Å². The minimum atomic E-state index is -1.12. The number of carbonyl (C=O) groups is 4. The van der Waals surface area contributed by atoms with Crippen LogP contribution in [0.5, 0.6) is 0 Å². The van der Waals surface area contributed by atoms with Gasteiger partial charge in [-0.25, -0.2) is 9.59 Å². The Morgan fingerprint density at radius 3 is 2.70 bits per heavy atom. The third-order valence-electron chi connectivity index (χ3n) is 4.53. The molecular weight excluding hydrogens is 394 g/mol. The van der Waals surface area contributed by atoms with Crippen LogP contribution >= 0.6 is 0 Å². The summed E-state index contributed by atoms with van der Waals surface area (Å²) in [7, 11) is 1.58. The smallest absolute Gasteiger partial charge is 0.412 e. The van der Waals surface area contributed by atoms with Crippen LogP contribution in [0, 0.1) is 0 Å². The van der Waals surface area contributed by atoms with E-state index in [1.165, 1.54) is 23.6 Å². The number of likely N-dealkylation sites (N-methyl/N-ethyl adjacent to an activating group) is 1. The molecule has 0 radical (unpaired) electrons. The third kappa shape index (κ3) is 7.02. The number of amides is 2. The highest BCUT2D eigenvalue weighted by Gasteiger charge is 2.36. The molecule has 0 spiro atoms. The predicted molar refractivity (Wildman–Crippen MR) is 104 cm³/mol. The molecule has 1 fully saturated rings. The molecule has 10 nitrogen and oxygen atoms in total. The van der Waals surface area contributed by atoms with E-state index < -0.39 is 42.9 Å². The van der Waals surface area contributed by atoms with Crippen LogP contribution in [-0.4, -0.2) is 77.8 Å². The Morgan fingerprint density at radius 2 is 2.03 bits per heavy atom. The lowest BCUT2D eigenvalue weighted by atomic mass is 10.2. The number of hydrogen-bond acceptors (Lipinski definition) is 8. The van der Waals surface area contributed by atoms with Gasteiger partial charge in [-0.15, -0.1) is 0 Å². The fourth-order valence-electron chi connectivity index (χ4n) is 2.97. The first kappa shape index (κ1) is 23.1. The van der Waals surface area contributed by atoms with Gasteiger partial charge in [0.2, 0.25) is 6.29 Å². The molecule has 10 heteroatoms. The fraction of sp³-hybridized carbons (Fsp3) is 0.550. The van der Waals surface area contributed by atoms with E-state index in [9.17, 15) is 19.2 Å². The second kappa shape index (κ2) is 11.1.